The third-order valence-electron chi connectivity index (χ3n) is 2.65. The number of nitrogens with zero attached hydrogens (tertiary/aromatic N) is 2. The molecule has 0 saturated carbocycles. The van der Waals surface area contributed by atoms with E-state index in [2.05, 4.69) is 4.98 Å². The predicted molar refractivity (Wildman–Crippen MR) is 77.9 cm³/mol. The Kier molecular flexibility index (Phi) is 5.46. The van der Waals surface area contributed by atoms with Crippen LogP contribution in [0.4, 0.5) is 0 Å². The van der Waals surface area contributed by atoms with Crippen molar-refractivity contribution in [2.75, 3.05) is 6.54 Å². The van der Waals surface area contributed by atoms with Gasteiger partial charge in [0.2, 0.25) is 0 Å². The Bertz CT molecular complexity index is 395. The average molecular weight is 289 g/mol. The van der Waals surface area contributed by atoms with E-state index in [1.54, 1.807) is 12.3 Å². The summed E-state index contributed by atoms with van der Waals surface area (Å²) in [5.74, 6) is 0. The highest BCUT2D eigenvalue weighted by Gasteiger charge is 2.36. The smallest absolute Gasteiger partial charge is 0.137 e. The van der Waals surface area contributed by atoms with Crippen LogP contribution in [0, 0.1) is 0 Å². The zero-order chi connectivity index (χ0) is 13.9. The van der Waals surface area contributed by atoms with Gasteiger partial charge in [0.1, 0.15) is 4.75 Å². The fourth-order valence-corrected chi connectivity index (χ4v) is 3.19. The normalized spacial score (nSPS) is 15.8. The fourth-order valence-electron chi connectivity index (χ4n) is 1.68. The lowest BCUT2D eigenvalue weighted by Crippen LogP contribution is -2.44. The summed E-state index contributed by atoms with van der Waals surface area (Å²) in [7, 11) is 0. The van der Waals surface area contributed by atoms with E-state index in [1.165, 1.54) is 0 Å². The quantitative estimate of drug-likeness (QED) is 0.795. The molecule has 0 spiro atoms. The fraction of sp³-hybridized carbons (Fsp3) is 0.615. The van der Waals surface area contributed by atoms with Crippen LogP contribution in [0.15, 0.2) is 18.3 Å². The molecule has 1 heterocycles. The van der Waals surface area contributed by atoms with Gasteiger partial charge in [0.05, 0.1) is 11.7 Å². The topological polar surface area (TPSA) is 39.2 Å². The van der Waals surface area contributed by atoms with Crippen LogP contribution >= 0.6 is 11.6 Å². The average Bonchev–Trinajstić information content (AvgIpc) is 2.28. The molecule has 3 nitrogen and oxygen atoms in total. The zero-order valence-corrected chi connectivity index (χ0v) is 13.2. The van der Waals surface area contributed by atoms with E-state index in [0.717, 1.165) is 5.69 Å². The molecule has 0 aliphatic carbocycles. The minimum Gasteiger partial charge on any atom is -0.597 e. The van der Waals surface area contributed by atoms with E-state index >= 15 is 0 Å². The van der Waals surface area contributed by atoms with Gasteiger partial charge in [0.25, 0.3) is 0 Å². The van der Waals surface area contributed by atoms with E-state index in [1.807, 2.05) is 45.0 Å². The largest absolute Gasteiger partial charge is 0.597 e. The summed E-state index contributed by atoms with van der Waals surface area (Å²) in [5.41, 5.74) is 0.849. The number of aromatic nitrogens is 1. The molecular weight excluding hydrogens is 268 g/mol. The lowest BCUT2D eigenvalue weighted by molar-refractivity contribution is 0.339. The molecule has 102 valence electrons. The van der Waals surface area contributed by atoms with Crippen LogP contribution in [-0.2, 0) is 11.4 Å². The van der Waals surface area contributed by atoms with Gasteiger partial charge in [-0.15, -0.1) is 4.31 Å². The van der Waals surface area contributed by atoms with Crippen LogP contribution in [0.25, 0.3) is 0 Å². The van der Waals surface area contributed by atoms with Crippen LogP contribution in [0.5, 0.6) is 0 Å². The van der Waals surface area contributed by atoms with Crippen molar-refractivity contribution >= 4 is 23.0 Å². The summed E-state index contributed by atoms with van der Waals surface area (Å²) < 4.78 is 14.1. The minimum atomic E-state index is -1.06. The van der Waals surface area contributed by atoms with Crippen molar-refractivity contribution in [3.05, 3.63) is 29.0 Å². The molecule has 2 atom stereocenters. The van der Waals surface area contributed by atoms with Crippen LogP contribution < -0.4 is 0 Å². The first kappa shape index (κ1) is 15.8. The van der Waals surface area contributed by atoms with E-state index in [9.17, 15) is 4.55 Å². The molecule has 0 aliphatic rings. The molecule has 1 aromatic heterocycles. The molecule has 0 aromatic carbocycles. The highest BCUT2D eigenvalue weighted by molar-refractivity contribution is 7.90. The van der Waals surface area contributed by atoms with E-state index < -0.39 is 11.4 Å². The first-order valence-electron chi connectivity index (χ1n) is 6.07. The minimum absolute atomic E-state index is 0.0197. The van der Waals surface area contributed by atoms with Gasteiger partial charge >= 0.3 is 0 Å². The molecular formula is C13H21ClN2OS. The first-order chi connectivity index (χ1) is 8.27. The maximum Gasteiger partial charge on any atom is 0.137 e. The van der Waals surface area contributed by atoms with Gasteiger partial charge in [0, 0.05) is 29.1 Å². The lowest BCUT2D eigenvalue weighted by atomic mass is 10.2. The Morgan fingerprint density at radius 3 is 2.56 bits per heavy atom. The second-order valence-electron chi connectivity index (χ2n) is 5.17. The van der Waals surface area contributed by atoms with E-state index in [4.69, 9.17) is 11.6 Å². The monoisotopic (exact) mass is 288 g/mol. The molecule has 0 fully saturated rings. The van der Waals surface area contributed by atoms with Crippen LogP contribution in [0.1, 0.15) is 46.4 Å². The Balaban J connectivity index is 2.96. The Labute approximate surface area is 118 Å². The van der Waals surface area contributed by atoms with Crippen molar-refractivity contribution in [2.45, 2.75) is 45.4 Å². The highest BCUT2D eigenvalue weighted by Crippen LogP contribution is 2.29. The van der Waals surface area contributed by atoms with Crippen molar-refractivity contribution in [1.82, 2.24) is 9.29 Å². The standard InChI is InChI=1S/C13H21ClN2OS/c1-6-16(18(17)13(3,4)5)10(2)12-9-11(14)7-8-15-12/h7-10H,6H2,1-5H3/t10-,18?/m1/s1. The summed E-state index contributed by atoms with van der Waals surface area (Å²) in [5, 5.41) is 0.657. The Morgan fingerprint density at radius 2 is 2.11 bits per heavy atom. The molecule has 18 heavy (non-hydrogen) atoms. The van der Waals surface area contributed by atoms with E-state index in [0.29, 0.717) is 11.6 Å². The number of hydrogen-bond donors (Lipinski definition) is 0. The van der Waals surface area contributed by atoms with Gasteiger partial charge < -0.3 is 4.55 Å². The SMILES string of the molecule is CCN([C@H](C)c1cc(Cl)ccn1)[S+]([O-])C(C)(C)C. The van der Waals surface area contributed by atoms with Gasteiger partial charge in [-0.05, 0) is 46.8 Å². The molecule has 0 bridgehead atoms. The van der Waals surface area contributed by atoms with Gasteiger partial charge in [-0.1, -0.05) is 11.6 Å². The van der Waals surface area contributed by atoms with Crippen LogP contribution in [0.3, 0.4) is 0 Å². The van der Waals surface area contributed by atoms with Crippen molar-refractivity contribution in [3.8, 4) is 0 Å². The molecule has 0 saturated heterocycles. The summed E-state index contributed by atoms with van der Waals surface area (Å²) >= 11 is 4.91. The maximum atomic E-state index is 12.5. The summed E-state index contributed by atoms with van der Waals surface area (Å²) in [6.45, 7) is 10.6. The number of halogens is 1. The lowest BCUT2D eigenvalue weighted by Gasteiger charge is -2.35. The van der Waals surface area contributed by atoms with Gasteiger partial charge in [-0.3, -0.25) is 4.98 Å². The van der Waals surface area contributed by atoms with Crippen molar-refractivity contribution in [3.63, 3.8) is 0 Å². The number of rotatable bonds is 4. The van der Waals surface area contributed by atoms with E-state index in [-0.39, 0.29) is 10.8 Å². The Morgan fingerprint density at radius 1 is 1.50 bits per heavy atom. The summed E-state index contributed by atoms with van der Waals surface area (Å²) in [4.78, 5) is 4.31. The molecule has 0 N–H and O–H groups in total. The van der Waals surface area contributed by atoms with Crippen molar-refractivity contribution in [2.24, 2.45) is 0 Å². The summed E-state index contributed by atoms with van der Waals surface area (Å²) in [6, 6.07) is 3.55. The first-order valence-corrected chi connectivity index (χ1v) is 7.56. The summed E-state index contributed by atoms with van der Waals surface area (Å²) in [6.07, 6.45) is 1.68. The third kappa shape index (κ3) is 3.85. The van der Waals surface area contributed by atoms with Crippen molar-refractivity contribution in [1.29, 1.82) is 0 Å². The molecule has 0 amide bonds. The molecule has 0 radical (unpaired) electrons. The molecule has 0 aliphatic heterocycles. The molecule has 1 aromatic rings. The van der Waals surface area contributed by atoms with Crippen LogP contribution in [0.2, 0.25) is 5.02 Å². The molecule has 5 heteroatoms. The predicted octanol–water partition coefficient (Wildman–Crippen LogP) is 3.58. The van der Waals surface area contributed by atoms with Crippen LogP contribution in [-0.4, -0.2) is 25.1 Å². The van der Waals surface area contributed by atoms with Gasteiger partial charge in [-0.25, -0.2) is 0 Å². The molecule has 1 unspecified atom stereocenters. The zero-order valence-electron chi connectivity index (χ0n) is 11.6. The highest BCUT2D eigenvalue weighted by atomic mass is 35.5. The molecule has 1 rings (SSSR count). The second-order valence-corrected chi connectivity index (χ2v) is 7.80. The van der Waals surface area contributed by atoms with Crippen molar-refractivity contribution < 1.29 is 4.55 Å². The second kappa shape index (κ2) is 6.24. The number of hydrogen-bond acceptors (Lipinski definition) is 3. The van der Waals surface area contributed by atoms with Gasteiger partial charge in [0.15, 0.2) is 0 Å². The third-order valence-corrected chi connectivity index (χ3v) is 4.93. The maximum absolute atomic E-state index is 12.5. The van der Waals surface area contributed by atoms with Gasteiger partial charge in [-0.2, -0.15) is 0 Å². The number of pyridine rings is 1. The Hall–Kier alpha value is -0.290.